The molecule has 8 nitrogen and oxygen atoms in total. The van der Waals surface area contributed by atoms with E-state index in [9.17, 15) is 9.59 Å². The van der Waals surface area contributed by atoms with Gasteiger partial charge in [-0.25, -0.2) is 14.6 Å². The average molecular weight is 515 g/mol. The number of rotatable bonds is 7. The molecule has 0 bridgehead atoms. The third-order valence-electron chi connectivity index (χ3n) is 6.67. The lowest BCUT2D eigenvalue weighted by molar-refractivity contribution is -0.132. The van der Waals surface area contributed by atoms with Crippen molar-refractivity contribution in [2.75, 3.05) is 18.4 Å². The Morgan fingerprint density at radius 1 is 1.08 bits per heavy atom. The number of nitrogens with zero attached hydrogens (tertiary/aromatic N) is 5. The molecule has 0 spiro atoms. The van der Waals surface area contributed by atoms with Crippen LogP contribution in [0.25, 0.3) is 5.82 Å². The maximum atomic E-state index is 13.0. The number of aryl methyl sites for hydroxylation is 3. The number of anilines is 1. The Labute approximate surface area is 220 Å². The van der Waals surface area contributed by atoms with Gasteiger partial charge < -0.3 is 10.2 Å². The van der Waals surface area contributed by atoms with E-state index in [-0.39, 0.29) is 17.7 Å². The van der Waals surface area contributed by atoms with E-state index in [4.69, 9.17) is 0 Å². The molecule has 1 fully saturated rings. The van der Waals surface area contributed by atoms with E-state index in [2.05, 4.69) is 32.5 Å². The average Bonchev–Trinajstić information content (AvgIpc) is 3.55. The van der Waals surface area contributed by atoms with Gasteiger partial charge in [-0.05, 0) is 56.9 Å². The molecule has 2 amide bonds. The Morgan fingerprint density at radius 2 is 1.86 bits per heavy atom. The van der Waals surface area contributed by atoms with Gasteiger partial charge in [-0.1, -0.05) is 30.3 Å². The molecule has 0 saturated carbocycles. The summed E-state index contributed by atoms with van der Waals surface area (Å²) in [5.41, 5.74) is 3.98. The molecule has 0 unspecified atom stereocenters. The maximum Gasteiger partial charge on any atom is 0.275 e. The normalized spacial score (nSPS) is 14.1. The zero-order valence-electron chi connectivity index (χ0n) is 21.1. The van der Waals surface area contributed by atoms with Gasteiger partial charge >= 0.3 is 0 Å². The quantitative estimate of drug-likeness (QED) is 0.377. The van der Waals surface area contributed by atoms with Gasteiger partial charge in [0.15, 0.2) is 5.82 Å². The molecular weight excluding hydrogens is 484 g/mol. The molecule has 0 atom stereocenters. The fraction of sp³-hybridized carbons (Fsp3) is 0.321. The second-order valence-electron chi connectivity index (χ2n) is 9.38. The van der Waals surface area contributed by atoms with Crippen LogP contribution in [-0.2, 0) is 11.2 Å². The van der Waals surface area contributed by atoms with Crippen LogP contribution < -0.4 is 5.32 Å². The smallest absolute Gasteiger partial charge is 0.275 e. The molecule has 1 aliphatic rings. The topological polar surface area (TPSA) is 93.0 Å². The molecule has 9 heteroatoms. The van der Waals surface area contributed by atoms with Crippen LogP contribution in [0, 0.1) is 13.8 Å². The Hall–Kier alpha value is -3.85. The van der Waals surface area contributed by atoms with Crippen LogP contribution in [0.2, 0.25) is 0 Å². The number of nitrogens with one attached hydrogen (secondary N) is 1. The van der Waals surface area contributed by atoms with E-state index in [0.717, 1.165) is 48.7 Å². The van der Waals surface area contributed by atoms with Gasteiger partial charge in [-0.2, -0.15) is 5.10 Å². The highest BCUT2D eigenvalue weighted by Gasteiger charge is 2.26. The number of carbonyl (C=O) groups is 2. The van der Waals surface area contributed by atoms with Gasteiger partial charge in [0, 0.05) is 42.7 Å². The lowest BCUT2D eigenvalue weighted by Crippen LogP contribution is -2.38. The van der Waals surface area contributed by atoms with Crippen molar-refractivity contribution in [1.82, 2.24) is 24.6 Å². The molecule has 1 saturated heterocycles. The molecule has 5 rings (SSSR count). The number of hydrogen-bond donors (Lipinski definition) is 1. The summed E-state index contributed by atoms with van der Waals surface area (Å²) < 4.78 is 1.73. The molecule has 3 aromatic heterocycles. The van der Waals surface area contributed by atoms with E-state index < -0.39 is 0 Å². The Balaban J connectivity index is 1.18. The summed E-state index contributed by atoms with van der Waals surface area (Å²) in [5, 5.41) is 10.2. The molecule has 1 aromatic carbocycles. The molecule has 1 N–H and O–H groups in total. The summed E-state index contributed by atoms with van der Waals surface area (Å²) in [5.74, 6) is 0.762. The molecule has 4 aromatic rings. The molecule has 0 aliphatic carbocycles. The third kappa shape index (κ3) is 5.77. The fourth-order valence-electron chi connectivity index (χ4n) is 4.70. The van der Waals surface area contributed by atoms with Crippen molar-refractivity contribution in [3.8, 4) is 5.82 Å². The SMILES string of the molecule is Cc1cc(C)n(-c2ncccc2NC(=O)c2csc(C3CCN(C(=O)CCc4ccccc4)CC3)n2)n1. The van der Waals surface area contributed by atoms with E-state index in [1.807, 2.05) is 49.1 Å². The number of carbonyl (C=O) groups excluding carboxylic acids is 2. The van der Waals surface area contributed by atoms with Crippen molar-refractivity contribution in [3.05, 3.63) is 87.8 Å². The summed E-state index contributed by atoms with van der Waals surface area (Å²) in [6.07, 6.45) is 4.70. The molecule has 0 radical (unpaired) electrons. The van der Waals surface area contributed by atoms with Crippen molar-refractivity contribution < 1.29 is 9.59 Å². The largest absolute Gasteiger partial charge is 0.343 e. The van der Waals surface area contributed by atoms with Crippen molar-refractivity contribution in [1.29, 1.82) is 0 Å². The van der Waals surface area contributed by atoms with E-state index in [1.165, 1.54) is 16.9 Å². The monoisotopic (exact) mass is 514 g/mol. The molecule has 190 valence electrons. The van der Waals surface area contributed by atoms with Gasteiger partial charge in [0.05, 0.1) is 16.4 Å². The number of hydrogen-bond acceptors (Lipinski definition) is 6. The van der Waals surface area contributed by atoms with E-state index in [1.54, 1.807) is 22.3 Å². The first-order valence-electron chi connectivity index (χ1n) is 12.5. The molecule has 1 aliphatic heterocycles. The minimum atomic E-state index is -0.271. The first-order chi connectivity index (χ1) is 18.0. The van der Waals surface area contributed by atoms with Crippen LogP contribution in [0.4, 0.5) is 5.69 Å². The minimum absolute atomic E-state index is 0.205. The van der Waals surface area contributed by atoms with Gasteiger partial charge in [0.2, 0.25) is 5.91 Å². The Bertz CT molecular complexity index is 1390. The number of benzene rings is 1. The van der Waals surface area contributed by atoms with Crippen LogP contribution in [0.15, 0.2) is 60.1 Å². The molecule has 4 heterocycles. The summed E-state index contributed by atoms with van der Waals surface area (Å²) >= 11 is 1.51. The van der Waals surface area contributed by atoms with Crippen molar-refractivity contribution in [2.24, 2.45) is 0 Å². The zero-order valence-corrected chi connectivity index (χ0v) is 21.9. The lowest BCUT2D eigenvalue weighted by atomic mass is 9.97. The second-order valence-corrected chi connectivity index (χ2v) is 10.3. The van der Waals surface area contributed by atoms with Crippen molar-refractivity contribution in [3.63, 3.8) is 0 Å². The maximum absolute atomic E-state index is 13.0. The number of thiazole rings is 1. The minimum Gasteiger partial charge on any atom is -0.343 e. The van der Waals surface area contributed by atoms with Crippen LogP contribution >= 0.6 is 11.3 Å². The van der Waals surface area contributed by atoms with E-state index in [0.29, 0.717) is 23.6 Å². The summed E-state index contributed by atoms with van der Waals surface area (Å²) in [6.45, 7) is 5.32. The van der Waals surface area contributed by atoms with Crippen molar-refractivity contribution in [2.45, 2.75) is 45.4 Å². The van der Waals surface area contributed by atoms with Crippen LogP contribution in [0.3, 0.4) is 0 Å². The number of aromatic nitrogens is 4. The molecular formula is C28H30N6O2S. The summed E-state index contributed by atoms with van der Waals surface area (Å²) in [7, 11) is 0. The van der Waals surface area contributed by atoms with Gasteiger partial charge in [0.25, 0.3) is 5.91 Å². The van der Waals surface area contributed by atoms with Gasteiger partial charge in [-0.3, -0.25) is 9.59 Å². The highest BCUT2D eigenvalue weighted by molar-refractivity contribution is 7.10. The second kappa shape index (κ2) is 11.0. The fourth-order valence-corrected chi connectivity index (χ4v) is 5.67. The Morgan fingerprint density at radius 3 is 2.59 bits per heavy atom. The van der Waals surface area contributed by atoms with Gasteiger partial charge in [-0.15, -0.1) is 11.3 Å². The third-order valence-corrected chi connectivity index (χ3v) is 7.67. The number of pyridine rings is 1. The number of likely N-dealkylation sites (tertiary alicyclic amines) is 1. The standard InChI is InChI=1S/C28H30N6O2S/c1-19-17-20(2)34(32-19)26-23(9-6-14-29-26)30-27(36)24-18-37-28(31-24)22-12-15-33(16-13-22)25(35)11-10-21-7-4-3-5-8-21/h3-9,14,17-18,22H,10-13,15-16H2,1-2H3,(H,30,36). The first kappa shape index (κ1) is 24.8. The van der Waals surface area contributed by atoms with Gasteiger partial charge in [0.1, 0.15) is 5.69 Å². The van der Waals surface area contributed by atoms with Crippen LogP contribution in [0.1, 0.15) is 57.6 Å². The predicted molar refractivity (Wildman–Crippen MR) is 144 cm³/mol. The zero-order chi connectivity index (χ0) is 25.8. The molecule has 37 heavy (non-hydrogen) atoms. The first-order valence-corrected chi connectivity index (χ1v) is 13.4. The predicted octanol–water partition coefficient (Wildman–Crippen LogP) is 4.93. The van der Waals surface area contributed by atoms with Crippen LogP contribution in [-0.4, -0.2) is 49.6 Å². The highest BCUT2D eigenvalue weighted by Crippen LogP contribution is 2.31. The van der Waals surface area contributed by atoms with Crippen LogP contribution in [0.5, 0.6) is 0 Å². The van der Waals surface area contributed by atoms with Crippen molar-refractivity contribution >= 4 is 28.8 Å². The number of piperidine rings is 1. The van der Waals surface area contributed by atoms with E-state index >= 15 is 0 Å². The summed E-state index contributed by atoms with van der Waals surface area (Å²) in [4.78, 5) is 36.8. The summed E-state index contributed by atoms with van der Waals surface area (Å²) in [6, 6.07) is 15.7. The Kier molecular flexibility index (Phi) is 7.41. The lowest BCUT2D eigenvalue weighted by Gasteiger charge is -2.31. The highest BCUT2D eigenvalue weighted by atomic mass is 32.1. The number of amides is 2.